The topological polar surface area (TPSA) is 133 Å². The van der Waals surface area contributed by atoms with Gasteiger partial charge in [0.05, 0.1) is 23.7 Å². The predicted molar refractivity (Wildman–Crippen MR) is 177 cm³/mol. The first-order chi connectivity index (χ1) is 22.3. The van der Waals surface area contributed by atoms with E-state index in [0.717, 1.165) is 5.56 Å². The van der Waals surface area contributed by atoms with Gasteiger partial charge in [0.25, 0.3) is 0 Å². The molecule has 2 N–H and O–H groups in total. The Labute approximate surface area is 281 Å². The Bertz CT molecular complexity index is 1460. The summed E-state index contributed by atoms with van der Waals surface area (Å²) in [5, 5.41) is 5.91. The molecule has 0 saturated carbocycles. The van der Waals surface area contributed by atoms with Gasteiger partial charge in [0.2, 0.25) is 11.8 Å². The number of halogens is 1. The van der Waals surface area contributed by atoms with E-state index in [-0.39, 0.29) is 49.9 Å². The minimum Gasteiger partial charge on any atom is -0.495 e. The standard InChI is InChI=1S/C36H45ClN2O8/c1-21(2)17-29-34(42)45-27(22(3)31-32(47-31)24-11-8-7-9-12-24)13-10-14-30(40)39-26(19-23-15-16-28(44-6)25(37)18-23)33(41)38-20-36(4,5)35(43)46-29/h7-12,14-16,18,21-22,26-27,29,31-32H,13,17,19-20H2,1-6H3,(H,38,41)(H,39,40)/b14-10+/t22?,26-,27+,29+,31-,32-/m1/s1. The van der Waals surface area contributed by atoms with E-state index in [0.29, 0.717) is 16.3 Å². The molecular formula is C36H45ClN2O8. The number of esters is 2. The van der Waals surface area contributed by atoms with Crippen LogP contribution in [0.25, 0.3) is 0 Å². The molecule has 254 valence electrons. The fourth-order valence-electron chi connectivity index (χ4n) is 5.46. The molecule has 11 heteroatoms. The van der Waals surface area contributed by atoms with E-state index < -0.39 is 47.4 Å². The lowest BCUT2D eigenvalue weighted by atomic mass is 9.92. The Balaban J connectivity index is 1.61. The summed E-state index contributed by atoms with van der Waals surface area (Å²) >= 11 is 6.32. The minimum atomic E-state index is -1.20. The van der Waals surface area contributed by atoms with Gasteiger partial charge in [-0.1, -0.05) is 74.8 Å². The van der Waals surface area contributed by atoms with Crippen molar-refractivity contribution >= 4 is 35.4 Å². The number of ether oxygens (including phenoxy) is 4. The van der Waals surface area contributed by atoms with Crippen LogP contribution in [-0.4, -0.2) is 61.8 Å². The van der Waals surface area contributed by atoms with Crippen molar-refractivity contribution in [1.82, 2.24) is 10.6 Å². The summed E-state index contributed by atoms with van der Waals surface area (Å²) in [4.78, 5) is 53.6. The first kappa shape index (κ1) is 36.0. The van der Waals surface area contributed by atoms with Crippen LogP contribution in [0.4, 0.5) is 0 Å². The van der Waals surface area contributed by atoms with Crippen LogP contribution in [-0.2, 0) is 39.8 Å². The van der Waals surface area contributed by atoms with Crippen molar-refractivity contribution in [2.24, 2.45) is 17.3 Å². The van der Waals surface area contributed by atoms with Crippen LogP contribution in [0.1, 0.15) is 64.7 Å². The Morgan fingerprint density at radius 1 is 1.02 bits per heavy atom. The van der Waals surface area contributed by atoms with Crippen LogP contribution >= 0.6 is 11.6 Å². The van der Waals surface area contributed by atoms with Gasteiger partial charge in [-0.05, 0) is 55.5 Å². The van der Waals surface area contributed by atoms with E-state index in [1.165, 1.54) is 13.2 Å². The third-order valence-corrected chi connectivity index (χ3v) is 8.70. The number of rotatable bonds is 8. The number of carbonyl (C=O) groups is 4. The number of nitrogens with one attached hydrogen (secondary N) is 2. The molecule has 2 aromatic carbocycles. The van der Waals surface area contributed by atoms with Crippen molar-refractivity contribution in [3.05, 3.63) is 76.8 Å². The number of cyclic esters (lactones) is 2. The Morgan fingerprint density at radius 3 is 2.40 bits per heavy atom. The molecule has 0 aromatic heterocycles. The molecule has 4 rings (SSSR count). The van der Waals surface area contributed by atoms with Crippen molar-refractivity contribution in [2.75, 3.05) is 13.7 Å². The maximum atomic E-state index is 13.6. The lowest BCUT2D eigenvalue weighted by Crippen LogP contribution is -2.51. The molecule has 0 bridgehead atoms. The van der Waals surface area contributed by atoms with Crippen LogP contribution in [0, 0.1) is 17.3 Å². The largest absolute Gasteiger partial charge is 0.495 e. The van der Waals surface area contributed by atoms with Gasteiger partial charge in [0.1, 0.15) is 24.0 Å². The lowest BCUT2D eigenvalue weighted by molar-refractivity contribution is -0.179. The summed E-state index contributed by atoms with van der Waals surface area (Å²) in [6.07, 6.45) is 1.34. The van der Waals surface area contributed by atoms with Crippen LogP contribution in [0.15, 0.2) is 60.7 Å². The molecule has 1 fully saturated rings. The zero-order valence-corrected chi connectivity index (χ0v) is 28.5. The van der Waals surface area contributed by atoms with Crippen molar-refractivity contribution in [3.63, 3.8) is 0 Å². The van der Waals surface area contributed by atoms with E-state index in [1.807, 2.05) is 51.1 Å². The Morgan fingerprint density at radius 2 is 1.74 bits per heavy atom. The summed E-state index contributed by atoms with van der Waals surface area (Å²) in [6.45, 7) is 8.92. The molecule has 2 aliphatic rings. The number of benzene rings is 2. The monoisotopic (exact) mass is 668 g/mol. The van der Waals surface area contributed by atoms with Crippen molar-refractivity contribution < 1.29 is 38.1 Å². The van der Waals surface area contributed by atoms with E-state index in [4.69, 9.17) is 30.5 Å². The van der Waals surface area contributed by atoms with E-state index in [9.17, 15) is 19.2 Å². The molecule has 1 saturated heterocycles. The third kappa shape index (κ3) is 9.81. The maximum absolute atomic E-state index is 13.6. The summed E-state index contributed by atoms with van der Waals surface area (Å²) < 4.78 is 23.1. The second-order valence-electron chi connectivity index (χ2n) is 13.3. The molecule has 6 atom stereocenters. The fraction of sp³-hybridized carbons (Fsp3) is 0.500. The molecule has 2 aromatic rings. The predicted octanol–water partition coefficient (Wildman–Crippen LogP) is 5.12. The highest BCUT2D eigenvalue weighted by molar-refractivity contribution is 6.32. The zero-order chi connectivity index (χ0) is 34.3. The smallest absolute Gasteiger partial charge is 0.347 e. The molecule has 10 nitrogen and oxygen atoms in total. The van der Waals surface area contributed by atoms with Crippen molar-refractivity contribution in [2.45, 2.75) is 84.3 Å². The molecule has 2 aliphatic heterocycles. The molecule has 2 amide bonds. The average molecular weight is 669 g/mol. The van der Waals surface area contributed by atoms with Gasteiger partial charge in [-0.15, -0.1) is 0 Å². The summed E-state index contributed by atoms with van der Waals surface area (Å²) in [5.74, 6) is -2.06. The first-order valence-corrected chi connectivity index (χ1v) is 16.4. The van der Waals surface area contributed by atoms with Crippen LogP contribution in [0.5, 0.6) is 5.75 Å². The number of epoxide rings is 1. The number of hydrogen-bond acceptors (Lipinski definition) is 8. The van der Waals surface area contributed by atoms with Crippen molar-refractivity contribution in [1.29, 1.82) is 0 Å². The van der Waals surface area contributed by atoms with Gasteiger partial charge in [-0.25, -0.2) is 4.79 Å². The summed E-state index contributed by atoms with van der Waals surface area (Å²) in [5.41, 5.74) is 0.524. The summed E-state index contributed by atoms with van der Waals surface area (Å²) in [7, 11) is 1.51. The molecule has 0 aliphatic carbocycles. The first-order valence-electron chi connectivity index (χ1n) is 16.0. The van der Waals surface area contributed by atoms with Crippen LogP contribution in [0.2, 0.25) is 5.02 Å². The summed E-state index contributed by atoms with van der Waals surface area (Å²) in [6, 6.07) is 13.9. The second-order valence-corrected chi connectivity index (χ2v) is 13.7. The normalized spacial score (nSPS) is 26.8. The highest BCUT2D eigenvalue weighted by atomic mass is 35.5. The Kier molecular flexibility index (Phi) is 12.1. The van der Waals surface area contributed by atoms with Gasteiger partial charge < -0.3 is 29.6 Å². The molecule has 1 unspecified atom stereocenters. The second kappa shape index (κ2) is 15.8. The lowest BCUT2D eigenvalue weighted by Gasteiger charge is -2.29. The van der Waals surface area contributed by atoms with E-state index >= 15 is 0 Å². The maximum Gasteiger partial charge on any atom is 0.347 e. The molecule has 0 radical (unpaired) electrons. The van der Waals surface area contributed by atoms with Crippen molar-refractivity contribution in [3.8, 4) is 5.75 Å². The molecule has 47 heavy (non-hydrogen) atoms. The number of amides is 2. The highest BCUT2D eigenvalue weighted by Gasteiger charge is 2.48. The minimum absolute atomic E-state index is 0.0228. The molecule has 2 heterocycles. The zero-order valence-electron chi connectivity index (χ0n) is 27.8. The van der Waals surface area contributed by atoms with Gasteiger partial charge in [0.15, 0.2) is 6.10 Å². The number of hydrogen-bond donors (Lipinski definition) is 2. The van der Waals surface area contributed by atoms with Gasteiger partial charge in [-0.3, -0.25) is 14.4 Å². The molecular weight excluding hydrogens is 624 g/mol. The SMILES string of the molecule is COc1ccc(C[C@H]2NC(=O)/C=C/C[C@@H](C(C)[C@H]3O[C@@H]3c3ccccc3)OC(=O)[C@H](CC(C)C)OC(=O)C(C)(C)CNC2=O)cc1Cl. The third-order valence-electron chi connectivity index (χ3n) is 8.41. The fourth-order valence-corrected chi connectivity index (χ4v) is 5.75. The van der Waals surface area contributed by atoms with E-state index in [2.05, 4.69) is 10.6 Å². The van der Waals surface area contributed by atoms with Gasteiger partial charge in [0, 0.05) is 25.3 Å². The Hall–Kier alpha value is -3.89. The van der Waals surface area contributed by atoms with Gasteiger partial charge in [-0.2, -0.15) is 0 Å². The quantitative estimate of drug-likeness (QED) is 0.293. The van der Waals surface area contributed by atoms with Crippen LogP contribution in [0.3, 0.4) is 0 Å². The van der Waals surface area contributed by atoms with E-state index in [1.54, 1.807) is 38.1 Å². The van der Waals surface area contributed by atoms with Gasteiger partial charge >= 0.3 is 11.9 Å². The number of carbonyl (C=O) groups excluding carboxylic acids is 4. The van der Waals surface area contributed by atoms with Crippen LogP contribution < -0.4 is 15.4 Å². The molecule has 0 spiro atoms. The average Bonchev–Trinajstić information content (AvgIpc) is 3.83. The number of methoxy groups -OCH3 is 1. The highest BCUT2D eigenvalue weighted by Crippen LogP contribution is 2.45.